The molecule has 1 N–H and O–H groups in total. The maximum atomic E-state index is 13.9. The summed E-state index contributed by atoms with van der Waals surface area (Å²) in [5.74, 6) is 0.00549. The highest BCUT2D eigenvalue weighted by Gasteiger charge is 2.39. The highest BCUT2D eigenvalue weighted by Crippen LogP contribution is 2.31. The summed E-state index contributed by atoms with van der Waals surface area (Å²) < 4.78 is 0. The third-order valence-electron chi connectivity index (χ3n) is 7.73. The van der Waals surface area contributed by atoms with Crippen molar-refractivity contribution in [3.8, 4) is 0 Å². The molecule has 2 aliphatic rings. The minimum atomic E-state index is -0.544. The number of aliphatic hydroxyl groups is 1. The van der Waals surface area contributed by atoms with E-state index in [1.54, 1.807) is 0 Å². The third-order valence-corrected chi connectivity index (χ3v) is 7.98. The summed E-state index contributed by atoms with van der Waals surface area (Å²) in [5, 5.41) is 15.8. The number of hydrogen-bond donors (Lipinski definition) is 1. The number of nitrogens with zero attached hydrogens (tertiary/aromatic N) is 3. The van der Waals surface area contributed by atoms with Crippen LogP contribution in [0.15, 0.2) is 78.9 Å². The Hall–Kier alpha value is -2.96. The fraction of sp³-hybridized carbons (Fsp3) is 0.300. The van der Waals surface area contributed by atoms with E-state index in [2.05, 4.69) is 40.1 Å². The van der Waals surface area contributed by atoms with Gasteiger partial charge in [-0.3, -0.25) is 14.6 Å². The zero-order valence-electron chi connectivity index (χ0n) is 20.2. The molecule has 0 radical (unpaired) electrons. The topological polar surface area (TPSA) is 47.0 Å². The van der Waals surface area contributed by atoms with E-state index in [1.165, 1.54) is 5.56 Å². The van der Waals surface area contributed by atoms with Crippen molar-refractivity contribution in [2.24, 2.45) is 0 Å². The first kappa shape index (κ1) is 23.4. The molecule has 4 aromatic carbocycles. The van der Waals surface area contributed by atoms with Gasteiger partial charge < -0.3 is 10.0 Å². The Morgan fingerprint density at radius 3 is 2.08 bits per heavy atom. The van der Waals surface area contributed by atoms with Crippen LogP contribution >= 0.6 is 11.6 Å². The van der Waals surface area contributed by atoms with Crippen molar-refractivity contribution in [2.75, 3.05) is 39.3 Å². The molecule has 5 nitrogen and oxygen atoms in total. The van der Waals surface area contributed by atoms with E-state index in [0.29, 0.717) is 13.1 Å². The van der Waals surface area contributed by atoms with Gasteiger partial charge in [-0.25, -0.2) is 0 Å². The quantitative estimate of drug-likeness (QED) is 0.415. The first-order chi connectivity index (χ1) is 17.6. The summed E-state index contributed by atoms with van der Waals surface area (Å²) in [7, 11) is 0. The van der Waals surface area contributed by atoms with Gasteiger partial charge in [0.2, 0.25) is 0 Å². The molecule has 0 aliphatic carbocycles. The van der Waals surface area contributed by atoms with Crippen molar-refractivity contribution < 1.29 is 9.90 Å². The number of hydrogen-bond acceptors (Lipinski definition) is 4. The number of benzene rings is 4. The van der Waals surface area contributed by atoms with Crippen LogP contribution in [0.5, 0.6) is 0 Å². The largest absolute Gasteiger partial charge is 0.390 e. The van der Waals surface area contributed by atoms with Crippen molar-refractivity contribution in [3.63, 3.8) is 0 Å². The normalized spacial score (nSPS) is 21.4. The molecule has 2 heterocycles. The standard InChI is InChI=1S/C30H30ClN3O2/c31-24-11-9-21(10-12-24)18-32-13-15-33(16-14-32)27-19-34(20-28(27)35)30(36)29-25-7-3-1-5-22(25)17-23-6-2-4-8-26(23)29/h1-12,17,27-28,35H,13-16,18-20H2/t27-,28-/m1/s1. The second-order valence-corrected chi connectivity index (χ2v) is 10.4. The van der Waals surface area contributed by atoms with Gasteiger partial charge in [-0.1, -0.05) is 72.3 Å². The molecular formula is C30H30ClN3O2. The molecule has 0 unspecified atom stereocenters. The maximum absolute atomic E-state index is 13.9. The molecule has 1 amide bonds. The zero-order chi connectivity index (χ0) is 24.6. The maximum Gasteiger partial charge on any atom is 0.255 e. The van der Waals surface area contributed by atoms with Gasteiger partial charge in [-0.2, -0.15) is 0 Å². The Morgan fingerprint density at radius 2 is 1.44 bits per heavy atom. The lowest BCUT2D eigenvalue weighted by Gasteiger charge is -2.38. The van der Waals surface area contributed by atoms with Gasteiger partial charge in [-0.05, 0) is 45.3 Å². The molecule has 0 saturated carbocycles. The first-order valence-corrected chi connectivity index (χ1v) is 13.0. The fourth-order valence-electron chi connectivity index (χ4n) is 5.80. The summed E-state index contributed by atoms with van der Waals surface area (Å²) in [4.78, 5) is 20.6. The molecule has 36 heavy (non-hydrogen) atoms. The fourth-order valence-corrected chi connectivity index (χ4v) is 5.92. The van der Waals surface area contributed by atoms with Crippen LogP contribution in [0.2, 0.25) is 5.02 Å². The smallest absolute Gasteiger partial charge is 0.255 e. The number of piperazine rings is 1. The highest BCUT2D eigenvalue weighted by atomic mass is 35.5. The van der Waals surface area contributed by atoms with Crippen molar-refractivity contribution in [1.82, 2.24) is 14.7 Å². The van der Waals surface area contributed by atoms with Crippen LogP contribution in [0.4, 0.5) is 0 Å². The van der Waals surface area contributed by atoms with Crippen LogP contribution in [0, 0.1) is 0 Å². The van der Waals surface area contributed by atoms with E-state index < -0.39 is 6.10 Å². The Kier molecular flexibility index (Phi) is 6.40. The van der Waals surface area contributed by atoms with Gasteiger partial charge in [0, 0.05) is 50.8 Å². The molecule has 184 valence electrons. The Morgan fingerprint density at radius 1 is 0.833 bits per heavy atom. The number of rotatable bonds is 4. The zero-order valence-corrected chi connectivity index (χ0v) is 20.9. The van der Waals surface area contributed by atoms with Crippen LogP contribution in [0.25, 0.3) is 21.5 Å². The molecule has 2 fully saturated rings. The number of aliphatic hydroxyl groups excluding tert-OH is 1. The van der Waals surface area contributed by atoms with E-state index >= 15 is 0 Å². The predicted molar refractivity (Wildman–Crippen MR) is 145 cm³/mol. The molecule has 0 aromatic heterocycles. The van der Waals surface area contributed by atoms with Gasteiger partial charge in [0.05, 0.1) is 17.7 Å². The number of amides is 1. The van der Waals surface area contributed by atoms with E-state index in [0.717, 1.165) is 64.9 Å². The Bertz CT molecular complexity index is 1340. The molecular weight excluding hydrogens is 470 g/mol. The number of likely N-dealkylation sites (tertiary alicyclic amines) is 1. The van der Waals surface area contributed by atoms with Crippen molar-refractivity contribution >= 4 is 39.1 Å². The predicted octanol–water partition coefficient (Wildman–Crippen LogP) is 4.65. The lowest BCUT2D eigenvalue weighted by Crippen LogP contribution is -2.53. The third kappa shape index (κ3) is 4.48. The van der Waals surface area contributed by atoms with E-state index in [4.69, 9.17) is 11.6 Å². The molecule has 2 aliphatic heterocycles. The molecule has 2 atom stereocenters. The van der Waals surface area contributed by atoms with Gasteiger partial charge >= 0.3 is 0 Å². The van der Waals surface area contributed by atoms with Gasteiger partial charge in [0.15, 0.2) is 0 Å². The minimum Gasteiger partial charge on any atom is -0.390 e. The Balaban J connectivity index is 1.17. The van der Waals surface area contributed by atoms with E-state index in [9.17, 15) is 9.90 Å². The lowest BCUT2D eigenvalue weighted by molar-refractivity contribution is 0.0423. The summed E-state index contributed by atoms with van der Waals surface area (Å²) in [5.41, 5.74) is 2.00. The molecule has 0 bridgehead atoms. The number of carbonyl (C=O) groups is 1. The Labute approximate surface area is 216 Å². The number of carbonyl (C=O) groups excluding carboxylic acids is 1. The summed E-state index contributed by atoms with van der Waals surface area (Å²) in [6.45, 7) is 5.46. The van der Waals surface area contributed by atoms with Crippen molar-refractivity contribution in [1.29, 1.82) is 0 Å². The SMILES string of the molecule is O=C(c1c2ccccc2cc2ccccc12)N1C[C@@H](O)[C@H](N2CCN(Cc3ccc(Cl)cc3)CC2)C1. The molecule has 0 spiro atoms. The number of β-amino-alcohol motifs (C(OH)–C–C–N with tert-alkyl or cyclic N) is 1. The first-order valence-electron chi connectivity index (χ1n) is 12.7. The minimum absolute atomic E-state index is 0.00549. The van der Waals surface area contributed by atoms with E-state index in [-0.39, 0.29) is 11.9 Å². The van der Waals surface area contributed by atoms with Crippen LogP contribution in [-0.4, -0.2) is 77.1 Å². The highest BCUT2D eigenvalue weighted by molar-refractivity contribution is 6.30. The number of fused-ring (bicyclic) bond motifs is 2. The molecule has 4 aromatic rings. The molecule has 6 heteroatoms. The summed E-state index contributed by atoms with van der Waals surface area (Å²) >= 11 is 6.02. The second kappa shape index (κ2) is 9.83. The molecule has 6 rings (SSSR count). The van der Waals surface area contributed by atoms with Crippen molar-refractivity contribution in [3.05, 3.63) is 95.0 Å². The van der Waals surface area contributed by atoms with Gasteiger partial charge in [0.25, 0.3) is 5.91 Å². The summed E-state index contributed by atoms with van der Waals surface area (Å²) in [6, 6.07) is 26.3. The monoisotopic (exact) mass is 499 g/mol. The number of halogens is 1. The van der Waals surface area contributed by atoms with Crippen LogP contribution in [0.3, 0.4) is 0 Å². The second-order valence-electron chi connectivity index (χ2n) is 9.98. The summed E-state index contributed by atoms with van der Waals surface area (Å²) in [6.07, 6.45) is -0.544. The van der Waals surface area contributed by atoms with Crippen molar-refractivity contribution in [2.45, 2.75) is 18.7 Å². The lowest BCUT2D eigenvalue weighted by atomic mass is 9.96. The van der Waals surface area contributed by atoms with Crippen LogP contribution in [0.1, 0.15) is 15.9 Å². The van der Waals surface area contributed by atoms with Crippen LogP contribution < -0.4 is 0 Å². The average Bonchev–Trinajstić information content (AvgIpc) is 3.30. The average molecular weight is 500 g/mol. The van der Waals surface area contributed by atoms with Crippen LogP contribution in [-0.2, 0) is 6.54 Å². The van der Waals surface area contributed by atoms with Gasteiger partial charge in [-0.15, -0.1) is 0 Å². The van der Waals surface area contributed by atoms with Gasteiger partial charge in [0.1, 0.15) is 0 Å². The molecule has 2 saturated heterocycles. The van der Waals surface area contributed by atoms with E-state index in [1.807, 2.05) is 53.4 Å².